The normalized spacial score (nSPS) is 13.9. The molecule has 1 aromatic carbocycles. The SMILES string of the molecule is Cc1cnnc(C(=O)Nc2ccc(C)c(-c3ccnc(N4CCOCC4)n3)c2)c1. The maximum Gasteiger partial charge on any atom is 0.276 e. The molecule has 2 aromatic heterocycles. The van der Waals surface area contributed by atoms with Crippen molar-refractivity contribution in [2.75, 3.05) is 36.5 Å². The van der Waals surface area contributed by atoms with Gasteiger partial charge < -0.3 is 15.0 Å². The zero-order valence-corrected chi connectivity index (χ0v) is 16.4. The Bertz CT molecular complexity index is 1030. The fraction of sp³-hybridized carbons (Fsp3) is 0.286. The lowest BCUT2D eigenvalue weighted by Gasteiger charge is -2.26. The van der Waals surface area contributed by atoms with Crippen molar-refractivity contribution >= 4 is 17.5 Å². The van der Waals surface area contributed by atoms with E-state index in [0.29, 0.717) is 24.8 Å². The second-order valence-corrected chi connectivity index (χ2v) is 6.94. The number of aromatic nitrogens is 4. The molecular formula is C21H22N6O2. The highest BCUT2D eigenvalue weighted by Gasteiger charge is 2.16. The molecule has 1 amide bonds. The van der Waals surface area contributed by atoms with Crippen LogP contribution in [0.5, 0.6) is 0 Å². The van der Waals surface area contributed by atoms with Gasteiger partial charge in [-0.2, -0.15) is 5.10 Å². The topological polar surface area (TPSA) is 93.1 Å². The molecule has 1 aliphatic heterocycles. The summed E-state index contributed by atoms with van der Waals surface area (Å²) in [7, 11) is 0. The zero-order chi connectivity index (χ0) is 20.2. The molecule has 29 heavy (non-hydrogen) atoms. The van der Waals surface area contributed by atoms with Crippen LogP contribution in [0.3, 0.4) is 0 Å². The smallest absolute Gasteiger partial charge is 0.276 e. The van der Waals surface area contributed by atoms with E-state index in [0.717, 1.165) is 35.5 Å². The second kappa shape index (κ2) is 8.32. The van der Waals surface area contributed by atoms with Crippen LogP contribution in [0, 0.1) is 13.8 Å². The minimum Gasteiger partial charge on any atom is -0.378 e. The van der Waals surface area contributed by atoms with Gasteiger partial charge in [0.15, 0.2) is 5.69 Å². The number of hydrogen-bond acceptors (Lipinski definition) is 7. The van der Waals surface area contributed by atoms with Crippen molar-refractivity contribution in [3.8, 4) is 11.3 Å². The molecule has 0 radical (unpaired) electrons. The molecule has 8 nitrogen and oxygen atoms in total. The number of carbonyl (C=O) groups excluding carboxylic acids is 1. The predicted octanol–water partition coefficient (Wildman–Crippen LogP) is 2.64. The Morgan fingerprint density at radius 3 is 2.76 bits per heavy atom. The first kappa shape index (κ1) is 18.9. The molecule has 1 aliphatic rings. The molecule has 0 spiro atoms. The maximum absolute atomic E-state index is 12.5. The van der Waals surface area contributed by atoms with Crippen molar-refractivity contribution < 1.29 is 9.53 Å². The van der Waals surface area contributed by atoms with E-state index in [-0.39, 0.29) is 11.6 Å². The summed E-state index contributed by atoms with van der Waals surface area (Å²) in [6.45, 7) is 6.79. The van der Waals surface area contributed by atoms with E-state index in [1.165, 1.54) is 0 Å². The molecule has 3 heterocycles. The van der Waals surface area contributed by atoms with Crippen LogP contribution in [-0.4, -0.2) is 52.4 Å². The van der Waals surface area contributed by atoms with Gasteiger partial charge in [0.05, 0.1) is 25.1 Å². The van der Waals surface area contributed by atoms with E-state index in [4.69, 9.17) is 9.72 Å². The van der Waals surface area contributed by atoms with Crippen molar-refractivity contribution in [3.63, 3.8) is 0 Å². The molecule has 0 saturated carbocycles. The minimum atomic E-state index is -0.298. The molecule has 148 valence electrons. The maximum atomic E-state index is 12.5. The van der Waals surface area contributed by atoms with Crippen LogP contribution in [0.4, 0.5) is 11.6 Å². The van der Waals surface area contributed by atoms with E-state index >= 15 is 0 Å². The second-order valence-electron chi connectivity index (χ2n) is 6.94. The monoisotopic (exact) mass is 390 g/mol. The number of morpholine rings is 1. The third kappa shape index (κ3) is 4.38. The van der Waals surface area contributed by atoms with Gasteiger partial charge in [0.25, 0.3) is 5.91 Å². The van der Waals surface area contributed by atoms with Crippen LogP contribution >= 0.6 is 0 Å². The predicted molar refractivity (Wildman–Crippen MR) is 110 cm³/mol. The van der Waals surface area contributed by atoms with Crippen LogP contribution in [0.2, 0.25) is 0 Å². The van der Waals surface area contributed by atoms with E-state index in [2.05, 4.69) is 25.4 Å². The number of rotatable bonds is 4. The average molecular weight is 390 g/mol. The van der Waals surface area contributed by atoms with Crippen molar-refractivity contribution in [2.45, 2.75) is 13.8 Å². The number of carbonyl (C=O) groups is 1. The molecule has 0 aliphatic carbocycles. The molecule has 0 atom stereocenters. The Labute approximate surface area is 169 Å². The highest BCUT2D eigenvalue weighted by molar-refractivity contribution is 6.03. The van der Waals surface area contributed by atoms with Gasteiger partial charge in [-0.15, -0.1) is 5.10 Å². The van der Waals surface area contributed by atoms with Crippen molar-refractivity contribution in [3.05, 3.63) is 59.5 Å². The summed E-state index contributed by atoms with van der Waals surface area (Å²) < 4.78 is 5.40. The van der Waals surface area contributed by atoms with Gasteiger partial charge in [-0.1, -0.05) is 6.07 Å². The molecule has 0 bridgehead atoms. The number of nitrogens with one attached hydrogen (secondary N) is 1. The number of ether oxygens (including phenoxy) is 1. The Balaban J connectivity index is 1.59. The van der Waals surface area contributed by atoms with Gasteiger partial charge in [0.2, 0.25) is 5.95 Å². The molecule has 4 rings (SSSR count). The summed E-state index contributed by atoms with van der Waals surface area (Å²) in [5, 5.41) is 10.6. The quantitative estimate of drug-likeness (QED) is 0.732. The van der Waals surface area contributed by atoms with E-state index in [9.17, 15) is 4.79 Å². The molecule has 8 heteroatoms. The Morgan fingerprint density at radius 2 is 1.97 bits per heavy atom. The molecule has 0 unspecified atom stereocenters. The first-order valence-electron chi connectivity index (χ1n) is 9.47. The van der Waals surface area contributed by atoms with Crippen LogP contribution in [0.15, 0.2) is 42.7 Å². The van der Waals surface area contributed by atoms with Crippen molar-refractivity contribution in [1.82, 2.24) is 20.2 Å². The van der Waals surface area contributed by atoms with Crippen molar-refractivity contribution in [1.29, 1.82) is 0 Å². The standard InChI is InChI=1S/C21H22N6O2/c1-14-11-19(26-23-13-14)20(28)24-16-4-3-15(2)17(12-16)18-5-6-22-21(25-18)27-7-9-29-10-8-27/h3-6,11-13H,7-10H2,1-2H3,(H,24,28). The van der Waals surface area contributed by atoms with Crippen LogP contribution in [-0.2, 0) is 4.74 Å². The van der Waals surface area contributed by atoms with Gasteiger partial charge in [0, 0.05) is 30.5 Å². The fourth-order valence-corrected chi connectivity index (χ4v) is 3.16. The van der Waals surface area contributed by atoms with Gasteiger partial charge in [-0.25, -0.2) is 9.97 Å². The summed E-state index contributed by atoms with van der Waals surface area (Å²) >= 11 is 0. The molecule has 1 N–H and O–H groups in total. The lowest BCUT2D eigenvalue weighted by Crippen LogP contribution is -2.37. The lowest BCUT2D eigenvalue weighted by atomic mass is 10.0. The van der Waals surface area contributed by atoms with Gasteiger partial charge in [0.1, 0.15) is 0 Å². The Morgan fingerprint density at radius 1 is 1.14 bits per heavy atom. The van der Waals surface area contributed by atoms with E-state index in [1.54, 1.807) is 18.5 Å². The summed E-state index contributed by atoms with van der Waals surface area (Å²) in [5.74, 6) is 0.391. The number of anilines is 2. The molecule has 3 aromatic rings. The summed E-state index contributed by atoms with van der Waals surface area (Å²) in [4.78, 5) is 23.8. The number of aryl methyl sites for hydroxylation is 2. The van der Waals surface area contributed by atoms with Gasteiger partial charge in [-0.05, 0) is 49.2 Å². The largest absolute Gasteiger partial charge is 0.378 e. The first-order chi connectivity index (χ1) is 14.1. The first-order valence-corrected chi connectivity index (χ1v) is 9.47. The molecule has 1 fully saturated rings. The number of amides is 1. The summed E-state index contributed by atoms with van der Waals surface area (Å²) in [6.07, 6.45) is 3.38. The minimum absolute atomic E-state index is 0.281. The highest BCUT2D eigenvalue weighted by atomic mass is 16.5. The fourth-order valence-electron chi connectivity index (χ4n) is 3.16. The van der Waals surface area contributed by atoms with E-state index < -0.39 is 0 Å². The third-order valence-electron chi connectivity index (χ3n) is 4.73. The van der Waals surface area contributed by atoms with Crippen LogP contribution in [0.1, 0.15) is 21.6 Å². The van der Waals surface area contributed by atoms with E-state index in [1.807, 2.05) is 38.1 Å². The molecular weight excluding hydrogens is 368 g/mol. The zero-order valence-electron chi connectivity index (χ0n) is 16.4. The molecule has 1 saturated heterocycles. The van der Waals surface area contributed by atoms with Crippen molar-refractivity contribution in [2.24, 2.45) is 0 Å². The number of hydrogen-bond donors (Lipinski definition) is 1. The summed E-state index contributed by atoms with van der Waals surface area (Å²) in [6, 6.07) is 9.33. The summed E-state index contributed by atoms with van der Waals surface area (Å²) in [5.41, 5.74) is 4.64. The lowest BCUT2D eigenvalue weighted by molar-refractivity contribution is 0.102. The number of nitrogens with zero attached hydrogens (tertiary/aromatic N) is 5. The Hall–Kier alpha value is -3.39. The average Bonchev–Trinajstić information content (AvgIpc) is 2.76. The highest BCUT2D eigenvalue weighted by Crippen LogP contribution is 2.26. The number of benzene rings is 1. The van der Waals surface area contributed by atoms with Gasteiger partial charge >= 0.3 is 0 Å². The van der Waals surface area contributed by atoms with Crippen LogP contribution < -0.4 is 10.2 Å². The van der Waals surface area contributed by atoms with Gasteiger partial charge in [-0.3, -0.25) is 4.79 Å². The third-order valence-corrected chi connectivity index (χ3v) is 4.73. The van der Waals surface area contributed by atoms with Crippen LogP contribution in [0.25, 0.3) is 11.3 Å². The Kier molecular flexibility index (Phi) is 5.44.